The molecule has 0 atom stereocenters. The van der Waals surface area contributed by atoms with Gasteiger partial charge in [-0.2, -0.15) is 0 Å². The summed E-state index contributed by atoms with van der Waals surface area (Å²) in [5.74, 6) is -0.509. The molecule has 10 heavy (non-hydrogen) atoms. The van der Waals surface area contributed by atoms with Crippen LogP contribution in [0.4, 0.5) is 0 Å². The molecule has 0 unspecified atom stereocenters. The Morgan fingerprint density at radius 3 is 1.80 bits per heavy atom. The fourth-order valence-electron chi connectivity index (χ4n) is 0.605. The maximum atomic E-state index is 10.6. The molecule has 58 valence electrons. The monoisotopic (exact) mass is 270 g/mol. The molecule has 0 aromatic carbocycles. The van der Waals surface area contributed by atoms with Crippen LogP contribution in [0.5, 0.6) is 0 Å². The molecule has 0 aliphatic carbocycles. The summed E-state index contributed by atoms with van der Waals surface area (Å²) < 4.78 is -0.479. The Hall–Kier alpha value is 0.300. The Kier molecular flexibility index (Phi) is 5.17. The smallest absolute Gasteiger partial charge is 0.209 e. The summed E-state index contributed by atoms with van der Waals surface area (Å²) in [7, 11) is 0. The van der Waals surface area contributed by atoms with Crippen LogP contribution in [-0.4, -0.2) is 9.39 Å². The third-order valence-corrected chi connectivity index (χ3v) is 2.23. The number of hydrogen-bond acceptors (Lipinski definition) is 2. The molecule has 0 aromatic heterocycles. The molecule has 0 aliphatic rings. The first kappa shape index (κ1) is 10.3. The van der Waals surface area contributed by atoms with E-state index in [1.165, 1.54) is 0 Å². The van der Waals surface area contributed by atoms with Crippen molar-refractivity contribution < 1.29 is 9.59 Å². The molecule has 0 amide bonds. The highest BCUT2D eigenvalue weighted by atomic mass is 79.9. The van der Waals surface area contributed by atoms with Gasteiger partial charge in [-0.05, 0) is 38.3 Å². The maximum absolute atomic E-state index is 10.6. The van der Waals surface area contributed by atoms with Crippen LogP contribution in [0.25, 0.3) is 0 Å². The van der Waals surface area contributed by atoms with Crippen molar-refractivity contribution in [3.05, 3.63) is 0 Å². The molecule has 0 aromatic rings. The topological polar surface area (TPSA) is 34.1 Å². The Bertz CT molecular complexity index is 131. The minimum Gasteiger partial charge on any atom is -0.286 e. The molecule has 0 spiro atoms. The summed E-state index contributed by atoms with van der Waals surface area (Å²) >= 11 is 5.51. The van der Waals surface area contributed by atoms with Gasteiger partial charge in [0.05, 0.1) is 5.92 Å². The van der Waals surface area contributed by atoms with Crippen molar-refractivity contribution in [3.63, 3.8) is 0 Å². The van der Waals surface area contributed by atoms with Crippen LogP contribution in [0, 0.1) is 5.92 Å². The Balaban J connectivity index is 3.98. The third-order valence-electron chi connectivity index (χ3n) is 1.13. The first-order valence-corrected chi connectivity index (χ1v) is 4.56. The first-order chi connectivity index (χ1) is 4.59. The highest BCUT2D eigenvalue weighted by molar-refractivity contribution is 9.19. The third kappa shape index (κ3) is 3.46. The lowest BCUT2D eigenvalue weighted by Crippen LogP contribution is -2.14. The van der Waals surface area contributed by atoms with Gasteiger partial charge in [0.2, 0.25) is 9.39 Å². The molecule has 0 N–H and O–H groups in total. The molecule has 0 bridgehead atoms. The van der Waals surface area contributed by atoms with Gasteiger partial charge in [-0.25, -0.2) is 0 Å². The lowest BCUT2D eigenvalue weighted by molar-refractivity contribution is -0.122. The number of carbonyl (C=O) groups is 2. The second kappa shape index (κ2) is 5.02. The maximum Gasteiger partial charge on any atom is 0.209 e. The van der Waals surface area contributed by atoms with Crippen LogP contribution in [0.15, 0.2) is 0 Å². The molecule has 0 saturated heterocycles. The van der Waals surface area contributed by atoms with Gasteiger partial charge in [0.1, 0.15) is 0 Å². The van der Waals surface area contributed by atoms with Gasteiger partial charge in [-0.1, -0.05) is 13.3 Å². The molecule has 2 nitrogen and oxygen atoms in total. The van der Waals surface area contributed by atoms with Gasteiger partial charge < -0.3 is 0 Å². The lowest BCUT2D eigenvalue weighted by Gasteiger charge is -2.03. The Morgan fingerprint density at radius 1 is 1.30 bits per heavy atom. The van der Waals surface area contributed by atoms with Crippen LogP contribution in [-0.2, 0) is 9.59 Å². The quantitative estimate of drug-likeness (QED) is 0.581. The van der Waals surface area contributed by atoms with Crippen LogP contribution in [0.1, 0.15) is 19.8 Å². The van der Waals surface area contributed by atoms with Crippen molar-refractivity contribution in [2.75, 3.05) is 0 Å². The number of rotatable bonds is 4. The van der Waals surface area contributed by atoms with Gasteiger partial charge in [0.25, 0.3) is 0 Å². The first-order valence-electron chi connectivity index (χ1n) is 2.98. The Labute approximate surface area is 76.6 Å². The van der Waals surface area contributed by atoms with Gasteiger partial charge >= 0.3 is 0 Å². The summed E-state index contributed by atoms with van der Waals surface area (Å²) in [6.45, 7) is 1.93. The molecule has 4 heteroatoms. The van der Waals surface area contributed by atoms with Gasteiger partial charge in [-0.3, -0.25) is 9.59 Å². The van der Waals surface area contributed by atoms with Gasteiger partial charge in [0.15, 0.2) is 0 Å². The molecule has 0 heterocycles. The summed E-state index contributed by atoms with van der Waals surface area (Å²) in [6.07, 6.45) is 1.44. The zero-order valence-corrected chi connectivity index (χ0v) is 8.74. The molecule has 0 saturated carbocycles. The summed E-state index contributed by atoms with van der Waals surface area (Å²) in [4.78, 5) is 21.3. The van der Waals surface area contributed by atoms with E-state index in [0.717, 1.165) is 6.42 Å². The van der Waals surface area contributed by atoms with E-state index in [1.807, 2.05) is 6.92 Å². The van der Waals surface area contributed by atoms with Gasteiger partial charge in [-0.15, -0.1) is 0 Å². The highest BCUT2D eigenvalue weighted by Gasteiger charge is 2.20. The summed E-state index contributed by atoms with van der Waals surface area (Å²) in [5, 5.41) is 0. The number of halogens is 2. The summed E-state index contributed by atoms with van der Waals surface area (Å²) in [6, 6.07) is 0. The van der Waals surface area contributed by atoms with Crippen molar-refractivity contribution in [3.8, 4) is 0 Å². The molecule has 0 radical (unpaired) electrons. The van der Waals surface area contributed by atoms with Crippen molar-refractivity contribution in [1.29, 1.82) is 0 Å². The van der Waals surface area contributed by atoms with Crippen LogP contribution >= 0.6 is 31.9 Å². The number of hydrogen-bond donors (Lipinski definition) is 0. The minimum absolute atomic E-state index is 0.240. The van der Waals surface area contributed by atoms with E-state index >= 15 is 0 Å². The fraction of sp³-hybridized carbons (Fsp3) is 0.667. The molecule has 0 rings (SSSR count). The van der Waals surface area contributed by atoms with Crippen LogP contribution in [0.3, 0.4) is 0 Å². The van der Waals surface area contributed by atoms with E-state index in [2.05, 4.69) is 31.9 Å². The van der Waals surface area contributed by atoms with Gasteiger partial charge in [0, 0.05) is 0 Å². The van der Waals surface area contributed by atoms with Crippen molar-refractivity contribution >= 4 is 41.2 Å². The zero-order chi connectivity index (χ0) is 8.15. The molecular formula is C6H8Br2O2. The average Bonchev–Trinajstić information content (AvgIpc) is 1.81. The lowest BCUT2D eigenvalue weighted by atomic mass is 10.1. The van der Waals surface area contributed by atoms with Crippen LogP contribution < -0.4 is 0 Å². The van der Waals surface area contributed by atoms with E-state index in [-0.39, 0.29) is 9.39 Å². The highest BCUT2D eigenvalue weighted by Crippen LogP contribution is 2.15. The second-order valence-corrected chi connectivity index (χ2v) is 3.51. The zero-order valence-electron chi connectivity index (χ0n) is 5.56. The predicted octanol–water partition coefficient (Wildman–Crippen LogP) is 2.25. The molecular weight excluding hydrogens is 264 g/mol. The SMILES string of the molecule is CCCC(C(=O)Br)C(=O)Br. The minimum atomic E-state index is -0.509. The van der Waals surface area contributed by atoms with E-state index in [4.69, 9.17) is 0 Å². The standard InChI is InChI=1S/C6H8Br2O2/c1-2-3-4(5(7)9)6(8)10/h4H,2-3H2,1H3. The van der Waals surface area contributed by atoms with E-state index in [1.54, 1.807) is 0 Å². The van der Waals surface area contributed by atoms with E-state index in [9.17, 15) is 9.59 Å². The van der Waals surface area contributed by atoms with Crippen molar-refractivity contribution in [2.45, 2.75) is 19.8 Å². The largest absolute Gasteiger partial charge is 0.286 e. The van der Waals surface area contributed by atoms with Crippen molar-refractivity contribution in [2.24, 2.45) is 5.92 Å². The predicted molar refractivity (Wildman–Crippen MR) is 46.3 cm³/mol. The number of carbonyl (C=O) groups excluding carboxylic acids is 2. The molecule has 0 aliphatic heterocycles. The van der Waals surface area contributed by atoms with Crippen LogP contribution in [0.2, 0.25) is 0 Å². The van der Waals surface area contributed by atoms with E-state index < -0.39 is 5.92 Å². The fourth-order valence-corrected chi connectivity index (χ4v) is 1.79. The second-order valence-electron chi connectivity index (χ2n) is 1.95. The normalized spacial score (nSPS) is 10.0. The Morgan fingerprint density at radius 2 is 1.70 bits per heavy atom. The molecule has 0 fully saturated rings. The summed E-state index contributed by atoms with van der Waals surface area (Å²) in [5.41, 5.74) is 0. The van der Waals surface area contributed by atoms with E-state index in [0.29, 0.717) is 6.42 Å². The van der Waals surface area contributed by atoms with Crippen molar-refractivity contribution in [1.82, 2.24) is 0 Å². The average molecular weight is 272 g/mol.